The van der Waals surface area contributed by atoms with Crippen molar-refractivity contribution in [2.24, 2.45) is 5.41 Å². The summed E-state index contributed by atoms with van der Waals surface area (Å²) in [5, 5.41) is 8.98. The van der Waals surface area contributed by atoms with Gasteiger partial charge in [-0.15, -0.1) is 0 Å². The molecule has 1 aliphatic heterocycles. The number of carboxylic acids is 1. The summed E-state index contributed by atoms with van der Waals surface area (Å²) >= 11 is 0. The van der Waals surface area contributed by atoms with Crippen molar-refractivity contribution in [3.8, 4) is 0 Å². The van der Waals surface area contributed by atoms with Crippen LogP contribution in [0.15, 0.2) is 29.2 Å². The highest BCUT2D eigenvalue weighted by molar-refractivity contribution is 7.89. The molecule has 0 aliphatic carbocycles. The first-order valence-electron chi connectivity index (χ1n) is 9.48. The van der Waals surface area contributed by atoms with Gasteiger partial charge in [0.2, 0.25) is 15.9 Å². The van der Waals surface area contributed by atoms with Gasteiger partial charge < -0.3 is 5.11 Å². The number of hydrogen-bond donors (Lipinski definition) is 3. The van der Waals surface area contributed by atoms with E-state index in [2.05, 4.69) is 10.9 Å². The van der Waals surface area contributed by atoms with Crippen molar-refractivity contribution < 1.29 is 27.9 Å². The molecule has 1 aromatic rings. The van der Waals surface area contributed by atoms with E-state index in [0.717, 1.165) is 12.8 Å². The van der Waals surface area contributed by atoms with E-state index in [1.807, 2.05) is 0 Å². The SMILES string of the molecule is CC[C@@](C)(CC(=O)O)CC(=O)NNC(=O)c1cccc(S(=O)(=O)N2CCCC2)c1. The Morgan fingerprint density at radius 3 is 2.38 bits per heavy atom. The highest BCUT2D eigenvalue weighted by Gasteiger charge is 2.29. The van der Waals surface area contributed by atoms with Gasteiger partial charge in [-0.05, 0) is 42.9 Å². The Morgan fingerprint density at radius 2 is 1.79 bits per heavy atom. The number of nitrogens with one attached hydrogen (secondary N) is 2. The maximum Gasteiger partial charge on any atom is 0.303 e. The molecule has 0 saturated carbocycles. The summed E-state index contributed by atoms with van der Waals surface area (Å²) in [6, 6.07) is 5.63. The van der Waals surface area contributed by atoms with Gasteiger partial charge in [0.1, 0.15) is 0 Å². The van der Waals surface area contributed by atoms with Crippen LogP contribution in [0.4, 0.5) is 0 Å². The lowest BCUT2D eigenvalue weighted by Gasteiger charge is -2.25. The zero-order chi connectivity index (χ0) is 21.7. The van der Waals surface area contributed by atoms with E-state index in [-0.39, 0.29) is 23.3 Å². The van der Waals surface area contributed by atoms with Crippen LogP contribution in [0.5, 0.6) is 0 Å². The Bertz CT molecular complexity index is 880. The van der Waals surface area contributed by atoms with Crippen LogP contribution in [0, 0.1) is 5.41 Å². The number of amides is 2. The van der Waals surface area contributed by atoms with E-state index in [9.17, 15) is 22.8 Å². The van der Waals surface area contributed by atoms with Crippen molar-refractivity contribution in [2.45, 2.75) is 50.8 Å². The molecule has 0 aromatic heterocycles. The molecule has 1 fully saturated rings. The van der Waals surface area contributed by atoms with E-state index < -0.39 is 33.2 Å². The van der Waals surface area contributed by atoms with E-state index in [1.54, 1.807) is 13.8 Å². The van der Waals surface area contributed by atoms with Crippen molar-refractivity contribution in [1.82, 2.24) is 15.2 Å². The lowest BCUT2D eigenvalue weighted by atomic mass is 9.80. The summed E-state index contributed by atoms with van der Waals surface area (Å²) in [7, 11) is -3.65. The zero-order valence-electron chi connectivity index (χ0n) is 16.6. The summed E-state index contributed by atoms with van der Waals surface area (Å²) in [6.45, 7) is 4.40. The number of nitrogens with zero attached hydrogens (tertiary/aromatic N) is 1. The lowest BCUT2D eigenvalue weighted by molar-refractivity contribution is -0.140. The van der Waals surface area contributed by atoms with Gasteiger partial charge in [-0.3, -0.25) is 25.2 Å². The monoisotopic (exact) mass is 425 g/mol. The highest BCUT2D eigenvalue weighted by atomic mass is 32.2. The molecule has 9 nitrogen and oxygen atoms in total. The average Bonchev–Trinajstić information content (AvgIpc) is 3.21. The first-order chi connectivity index (χ1) is 13.6. The molecule has 1 aromatic carbocycles. The summed E-state index contributed by atoms with van der Waals surface area (Å²) in [4.78, 5) is 35.4. The predicted molar refractivity (Wildman–Crippen MR) is 105 cm³/mol. The Kier molecular flexibility index (Phi) is 7.37. The summed E-state index contributed by atoms with van der Waals surface area (Å²) in [6.07, 6.45) is 1.87. The molecule has 0 unspecified atom stereocenters. The van der Waals surface area contributed by atoms with Gasteiger partial charge in [0.15, 0.2) is 0 Å². The average molecular weight is 426 g/mol. The maximum atomic E-state index is 12.6. The van der Waals surface area contributed by atoms with Gasteiger partial charge in [0.05, 0.1) is 11.3 Å². The van der Waals surface area contributed by atoms with Gasteiger partial charge in [-0.1, -0.05) is 19.9 Å². The predicted octanol–water partition coefficient (Wildman–Crippen LogP) is 1.51. The van der Waals surface area contributed by atoms with Crippen molar-refractivity contribution in [3.05, 3.63) is 29.8 Å². The molecule has 160 valence electrons. The molecule has 10 heteroatoms. The minimum atomic E-state index is -3.65. The van der Waals surface area contributed by atoms with Gasteiger partial charge in [0, 0.05) is 25.1 Å². The van der Waals surface area contributed by atoms with Crippen LogP contribution in [0.2, 0.25) is 0 Å². The summed E-state index contributed by atoms with van der Waals surface area (Å²) < 4.78 is 26.6. The minimum absolute atomic E-state index is 0.0263. The zero-order valence-corrected chi connectivity index (χ0v) is 17.4. The topological polar surface area (TPSA) is 133 Å². The fourth-order valence-corrected chi connectivity index (χ4v) is 4.75. The van der Waals surface area contributed by atoms with Crippen LogP contribution in [-0.2, 0) is 19.6 Å². The fourth-order valence-electron chi connectivity index (χ4n) is 3.18. The quantitative estimate of drug-likeness (QED) is 0.541. The standard InChI is InChI=1S/C19H27N3O6S/c1-3-19(2,13-17(24)25)12-16(23)20-21-18(26)14-7-6-8-15(11-14)29(27,28)22-9-4-5-10-22/h6-8,11H,3-5,9-10,12-13H2,1-2H3,(H,20,23)(H,21,26)(H,24,25)/t19-/m1/s1. The second-order valence-electron chi connectivity index (χ2n) is 7.55. The van der Waals surface area contributed by atoms with Crippen LogP contribution in [-0.4, -0.2) is 48.7 Å². The number of carbonyl (C=O) groups is 3. The van der Waals surface area contributed by atoms with E-state index in [4.69, 9.17) is 5.11 Å². The molecular formula is C19H27N3O6S. The second kappa shape index (κ2) is 9.36. The van der Waals surface area contributed by atoms with Gasteiger partial charge in [0.25, 0.3) is 5.91 Å². The number of sulfonamides is 1. The molecule has 0 bridgehead atoms. The first kappa shape index (κ1) is 22.8. The fraction of sp³-hybridized carbons (Fsp3) is 0.526. The normalized spacial score (nSPS) is 16.8. The number of benzene rings is 1. The third-order valence-corrected chi connectivity index (χ3v) is 7.03. The largest absolute Gasteiger partial charge is 0.481 e. The number of carboxylic acid groups (broad SMARTS) is 1. The Hall–Kier alpha value is -2.46. The summed E-state index contributed by atoms with van der Waals surface area (Å²) in [5.74, 6) is -2.18. The molecule has 3 N–H and O–H groups in total. The number of hydrazine groups is 1. The van der Waals surface area contributed by atoms with E-state index in [1.165, 1.54) is 28.6 Å². The molecular weight excluding hydrogens is 398 g/mol. The smallest absolute Gasteiger partial charge is 0.303 e. The molecule has 29 heavy (non-hydrogen) atoms. The molecule has 2 amide bonds. The number of aliphatic carboxylic acids is 1. The molecule has 0 spiro atoms. The number of carbonyl (C=O) groups excluding carboxylic acids is 2. The van der Waals surface area contributed by atoms with Crippen LogP contribution < -0.4 is 10.9 Å². The Balaban J connectivity index is 2.01. The molecule has 1 heterocycles. The summed E-state index contributed by atoms with van der Waals surface area (Å²) in [5.41, 5.74) is 3.88. The van der Waals surface area contributed by atoms with Gasteiger partial charge >= 0.3 is 5.97 Å². The Morgan fingerprint density at radius 1 is 1.14 bits per heavy atom. The maximum absolute atomic E-state index is 12.6. The van der Waals surface area contributed by atoms with E-state index >= 15 is 0 Å². The lowest BCUT2D eigenvalue weighted by Crippen LogP contribution is -2.43. The highest BCUT2D eigenvalue weighted by Crippen LogP contribution is 2.29. The third-order valence-electron chi connectivity index (χ3n) is 5.13. The third kappa shape index (κ3) is 6.01. The second-order valence-corrected chi connectivity index (χ2v) is 9.49. The van der Waals surface area contributed by atoms with Crippen molar-refractivity contribution in [1.29, 1.82) is 0 Å². The first-order valence-corrected chi connectivity index (χ1v) is 10.9. The molecule has 0 radical (unpaired) electrons. The van der Waals surface area contributed by atoms with Gasteiger partial charge in [-0.2, -0.15) is 4.31 Å². The van der Waals surface area contributed by atoms with Crippen LogP contribution in [0.25, 0.3) is 0 Å². The van der Waals surface area contributed by atoms with Crippen LogP contribution in [0.3, 0.4) is 0 Å². The number of rotatable bonds is 8. The molecule has 1 aliphatic rings. The van der Waals surface area contributed by atoms with Crippen LogP contribution in [0.1, 0.15) is 56.3 Å². The van der Waals surface area contributed by atoms with Crippen molar-refractivity contribution in [3.63, 3.8) is 0 Å². The molecule has 2 rings (SSSR count). The van der Waals surface area contributed by atoms with E-state index in [0.29, 0.717) is 19.5 Å². The van der Waals surface area contributed by atoms with Crippen molar-refractivity contribution in [2.75, 3.05) is 13.1 Å². The van der Waals surface area contributed by atoms with Crippen molar-refractivity contribution >= 4 is 27.8 Å². The number of hydrogen-bond acceptors (Lipinski definition) is 5. The van der Waals surface area contributed by atoms with Gasteiger partial charge in [-0.25, -0.2) is 8.42 Å². The Labute approximate surface area is 170 Å². The minimum Gasteiger partial charge on any atom is -0.481 e. The molecule has 1 atom stereocenters. The molecule has 1 saturated heterocycles. The van der Waals surface area contributed by atoms with Crippen LogP contribution >= 0.6 is 0 Å².